The van der Waals surface area contributed by atoms with Crippen molar-refractivity contribution >= 4 is 10.0 Å². The molecule has 0 unspecified atom stereocenters. The van der Waals surface area contributed by atoms with E-state index in [2.05, 4.69) is 48.2 Å². The molecule has 3 aromatic rings. The lowest BCUT2D eigenvalue weighted by molar-refractivity contribution is -0.0635. The van der Waals surface area contributed by atoms with Crippen LogP contribution in [0.2, 0.25) is 0 Å². The first-order valence-electron chi connectivity index (χ1n) is 13.4. The molecule has 0 radical (unpaired) electrons. The summed E-state index contributed by atoms with van der Waals surface area (Å²) < 4.78 is 40.2. The molecule has 2 aliphatic heterocycles. The summed E-state index contributed by atoms with van der Waals surface area (Å²) in [4.78, 5) is 2.88. The predicted molar refractivity (Wildman–Crippen MR) is 151 cm³/mol. The standard InChI is InChI=1S/C31H38N2O4S/c1-22-9-5-6-10-30(22)38(34,35)32-17-7-8-18-33-28(20-32)31(29(33)21-36-3)25-13-11-24(12-14-25)27-16-15-26(37-4)19-23(27)2/h5-6,9-16,19,28-29,31H,7-8,17-18,20-21H2,1-4H3/t28-,29+,31-/m0/s1. The molecule has 202 valence electrons. The van der Waals surface area contributed by atoms with E-state index < -0.39 is 10.0 Å². The number of aryl methyl sites for hydroxylation is 2. The zero-order chi connectivity index (χ0) is 26.9. The second-order valence-corrected chi connectivity index (χ2v) is 12.4. The minimum absolute atomic E-state index is 0.114. The molecule has 0 aliphatic carbocycles. The number of methoxy groups -OCH3 is 2. The maximum absolute atomic E-state index is 13.8. The van der Waals surface area contributed by atoms with E-state index in [9.17, 15) is 8.42 Å². The Hall–Kier alpha value is -2.71. The van der Waals surface area contributed by atoms with Crippen molar-refractivity contribution in [1.29, 1.82) is 0 Å². The van der Waals surface area contributed by atoms with Gasteiger partial charge >= 0.3 is 0 Å². The molecule has 5 rings (SSSR count). The summed E-state index contributed by atoms with van der Waals surface area (Å²) in [6, 6.07) is 22.6. The van der Waals surface area contributed by atoms with Crippen LogP contribution in [0.3, 0.4) is 0 Å². The smallest absolute Gasteiger partial charge is 0.243 e. The third kappa shape index (κ3) is 5.00. The molecule has 0 spiro atoms. The minimum Gasteiger partial charge on any atom is -0.497 e. The highest BCUT2D eigenvalue weighted by atomic mass is 32.2. The summed E-state index contributed by atoms with van der Waals surface area (Å²) in [6.07, 6.45) is 1.83. The van der Waals surface area contributed by atoms with Gasteiger partial charge in [-0.25, -0.2) is 8.42 Å². The molecule has 2 heterocycles. The second-order valence-electron chi connectivity index (χ2n) is 10.5. The van der Waals surface area contributed by atoms with Gasteiger partial charge in [-0.3, -0.25) is 4.90 Å². The molecule has 0 N–H and O–H groups in total. The van der Waals surface area contributed by atoms with Gasteiger partial charge in [0.15, 0.2) is 0 Å². The Morgan fingerprint density at radius 2 is 1.63 bits per heavy atom. The lowest BCUT2D eigenvalue weighted by Gasteiger charge is -2.57. The third-order valence-electron chi connectivity index (χ3n) is 8.23. The van der Waals surface area contributed by atoms with Crippen LogP contribution in [0.5, 0.6) is 5.75 Å². The van der Waals surface area contributed by atoms with E-state index >= 15 is 0 Å². The van der Waals surface area contributed by atoms with Crippen LogP contribution in [-0.2, 0) is 14.8 Å². The number of sulfonamides is 1. The van der Waals surface area contributed by atoms with E-state index in [-0.39, 0.29) is 18.0 Å². The van der Waals surface area contributed by atoms with E-state index in [1.807, 2.05) is 31.2 Å². The molecule has 0 bridgehead atoms. The van der Waals surface area contributed by atoms with Crippen molar-refractivity contribution in [3.63, 3.8) is 0 Å². The molecule has 0 saturated carbocycles. The lowest BCUT2D eigenvalue weighted by Crippen LogP contribution is -2.68. The molecule has 7 heteroatoms. The van der Waals surface area contributed by atoms with Crippen molar-refractivity contribution < 1.29 is 17.9 Å². The van der Waals surface area contributed by atoms with E-state index in [1.54, 1.807) is 24.6 Å². The Morgan fingerprint density at radius 1 is 0.895 bits per heavy atom. The van der Waals surface area contributed by atoms with Gasteiger partial charge in [0.05, 0.1) is 18.6 Å². The SMILES string of the molecule is COC[C@@H]1[C@@H](c2ccc(-c3ccc(OC)cc3C)cc2)[C@@H]2CN(S(=O)(=O)c3ccccc3C)CCCCN12. The molecular weight excluding hydrogens is 496 g/mol. The Kier molecular flexibility index (Phi) is 7.91. The molecule has 2 aliphatic rings. The second kappa shape index (κ2) is 11.2. The van der Waals surface area contributed by atoms with Crippen LogP contribution in [0.25, 0.3) is 11.1 Å². The van der Waals surface area contributed by atoms with Crippen molar-refractivity contribution in [1.82, 2.24) is 9.21 Å². The topological polar surface area (TPSA) is 59.1 Å². The van der Waals surface area contributed by atoms with Gasteiger partial charge in [0.25, 0.3) is 0 Å². The van der Waals surface area contributed by atoms with Gasteiger partial charge in [-0.05, 0) is 79.3 Å². The van der Waals surface area contributed by atoms with Crippen molar-refractivity contribution in [2.45, 2.75) is 49.6 Å². The highest BCUT2D eigenvalue weighted by molar-refractivity contribution is 7.89. The van der Waals surface area contributed by atoms with E-state index in [0.717, 1.165) is 36.3 Å². The Labute approximate surface area is 227 Å². The maximum atomic E-state index is 13.8. The third-order valence-corrected chi connectivity index (χ3v) is 10.3. The van der Waals surface area contributed by atoms with Gasteiger partial charge in [-0.1, -0.05) is 48.5 Å². The first-order chi connectivity index (χ1) is 18.3. The minimum atomic E-state index is -3.58. The number of ether oxygens (including phenoxy) is 2. The Bertz CT molecular complexity index is 1370. The largest absolute Gasteiger partial charge is 0.497 e. The first-order valence-corrected chi connectivity index (χ1v) is 14.8. The molecule has 38 heavy (non-hydrogen) atoms. The van der Waals surface area contributed by atoms with Gasteiger partial charge in [0, 0.05) is 38.2 Å². The maximum Gasteiger partial charge on any atom is 0.243 e. The number of hydrogen-bond acceptors (Lipinski definition) is 5. The highest BCUT2D eigenvalue weighted by Crippen LogP contribution is 2.43. The zero-order valence-corrected chi connectivity index (χ0v) is 23.6. The summed E-state index contributed by atoms with van der Waals surface area (Å²) in [5.74, 6) is 1.06. The molecule has 0 amide bonds. The van der Waals surface area contributed by atoms with Crippen LogP contribution < -0.4 is 4.74 Å². The zero-order valence-electron chi connectivity index (χ0n) is 22.8. The molecule has 6 nitrogen and oxygen atoms in total. The van der Waals surface area contributed by atoms with Crippen LogP contribution in [0.15, 0.2) is 71.6 Å². The van der Waals surface area contributed by atoms with Crippen molar-refractivity contribution in [2.24, 2.45) is 0 Å². The number of benzene rings is 3. The number of rotatable bonds is 7. The fourth-order valence-electron chi connectivity index (χ4n) is 6.24. The van der Waals surface area contributed by atoms with E-state index in [0.29, 0.717) is 24.6 Å². The summed E-state index contributed by atoms with van der Waals surface area (Å²) in [7, 11) is -0.144. The van der Waals surface area contributed by atoms with Gasteiger partial charge in [-0.15, -0.1) is 0 Å². The van der Waals surface area contributed by atoms with Gasteiger partial charge in [0.1, 0.15) is 5.75 Å². The molecule has 3 aromatic carbocycles. The summed E-state index contributed by atoms with van der Waals surface area (Å²) in [5, 5.41) is 0. The number of nitrogens with zero attached hydrogens (tertiary/aromatic N) is 2. The molecule has 0 aromatic heterocycles. The Balaban J connectivity index is 1.44. The summed E-state index contributed by atoms with van der Waals surface area (Å²) in [6.45, 7) is 6.61. The van der Waals surface area contributed by atoms with Gasteiger partial charge in [0.2, 0.25) is 10.0 Å². The predicted octanol–water partition coefficient (Wildman–Crippen LogP) is 5.25. The van der Waals surface area contributed by atoms with E-state index in [1.165, 1.54) is 16.7 Å². The van der Waals surface area contributed by atoms with Crippen LogP contribution in [0.1, 0.15) is 35.4 Å². The molecule has 2 fully saturated rings. The van der Waals surface area contributed by atoms with Crippen molar-refractivity contribution in [2.75, 3.05) is 40.5 Å². The summed E-state index contributed by atoms with van der Waals surface area (Å²) >= 11 is 0. The quantitative estimate of drug-likeness (QED) is 0.415. The van der Waals surface area contributed by atoms with Crippen LogP contribution in [-0.4, -0.2) is 70.2 Å². The average molecular weight is 535 g/mol. The normalized spacial score (nSPS) is 22.7. The van der Waals surface area contributed by atoms with Crippen molar-refractivity contribution in [3.05, 3.63) is 83.4 Å². The summed E-state index contributed by atoms with van der Waals surface area (Å²) in [5.41, 5.74) is 5.54. The monoisotopic (exact) mass is 534 g/mol. The van der Waals surface area contributed by atoms with Crippen LogP contribution >= 0.6 is 0 Å². The van der Waals surface area contributed by atoms with E-state index in [4.69, 9.17) is 9.47 Å². The van der Waals surface area contributed by atoms with Crippen molar-refractivity contribution in [3.8, 4) is 16.9 Å². The van der Waals surface area contributed by atoms with Crippen LogP contribution in [0.4, 0.5) is 0 Å². The average Bonchev–Trinajstić information content (AvgIpc) is 2.90. The number of hydrogen-bond donors (Lipinski definition) is 0. The lowest BCUT2D eigenvalue weighted by atomic mass is 9.74. The molecule has 2 saturated heterocycles. The molecular formula is C31H38N2O4S. The van der Waals surface area contributed by atoms with Gasteiger partial charge in [-0.2, -0.15) is 4.31 Å². The highest BCUT2D eigenvalue weighted by Gasteiger charge is 2.50. The number of fused-ring (bicyclic) bond motifs is 1. The Morgan fingerprint density at radius 3 is 2.32 bits per heavy atom. The fourth-order valence-corrected chi connectivity index (χ4v) is 7.96. The fraction of sp³-hybridized carbons (Fsp3) is 0.419. The first kappa shape index (κ1) is 26.9. The molecule has 3 atom stereocenters. The van der Waals surface area contributed by atoms with Gasteiger partial charge < -0.3 is 9.47 Å². The van der Waals surface area contributed by atoms with Crippen LogP contribution in [0, 0.1) is 13.8 Å².